The van der Waals surface area contributed by atoms with Crippen LogP contribution in [0.1, 0.15) is 22.8 Å². The number of carboxylic acids is 1. The smallest absolute Gasteiger partial charge is 0.336 e. The summed E-state index contributed by atoms with van der Waals surface area (Å²) in [6.07, 6.45) is 0.922. The molecule has 19 heavy (non-hydrogen) atoms. The SMILES string of the molecule is C[C@@H]1Cc2ccsc2-c2cc(C(=O)O)c(Br)cc2O1. The highest BCUT2D eigenvalue weighted by molar-refractivity contribution is 9.10. The maximum absolute atomic E-state index is 11.2. The molecule has 5 heteroatoms. The Morgan fingerprint density at radius 3 is 3.05 bits per heavy atom. The monoisotopic (exact) mass is 338 g/mol. The molecule has 0 fully saturated rings. The molecule has 0 amide bonds. The molecule has 1 atom stereocenters. The molecule has 0 spiro atoms. The summed E-state index contributed by atoms with van der Waals surface area (Å²) in [6.45, 7) is 2.02. The Labute approximate surface area is 123 Å². The van der Waals surface area contributed by atoms with Gasteiger partial charge >= 0.3 is 5.97 Å². The minimum absolute atomic E-state index is 0.0807. The molecule has 0 aliphatic carbocycles. The quantitative estimate of drug-likeness (QED) is 0.847. The van der Waals surface area contributed by atoms with Crippen LogP contribution in [0.25, 0.3) is 10.4 Å². The van der Waals surface area contributed by atoms with Gasteiger partial charge in [0.15, 0.2) is 0 Å². The summed E-state index contributed by atoms with van der Waals surface area (Å²) in [6, 6.07) is 5.52. The van der Waals surface area contributed by atoms with E-state index in [1.165, 1.54) is 5.56 Å². The minimum Gasteiger partial charge on any atom is -0.490 e. The Balaban J connectivity index is 2.27. The molecule has 0 radical (unpaired) electrons. The Hall–Kier alpha value is -1.33. The molecule has 3 nitrogen and oxygen atoms in total. The average Bonchev–Trinajstić information content (AvgIpc) is 2.72. The number of rotatable bonds is 1. The fraction of sp³-hybridized carbons (Fsp3) is 0.214. The van der Waals surface area contributed by atoms with Gasteiger partial charge in [0.05, 0.1) is 5.56 Å². The zero-order chi connectivity index (χ0) is 13.6. The zero-order valence-corrected chi connectivity index (χ0v) is 12.5. The van der Waals surface area contributed by atoms with Gasteiger partial charge in [-0.1, -0.05) is 0 Å². The van der Waals surface area contributed by atoms with Gasteiger partial charge in [0.25, 0.3) is 0 Å². The maximum Gasteiger partial charge on any atom is 0.336 e. The minimum atomic E-state index is -0.940. The molecule has 2 aromatic rings. The first-order valence-electron chi connectivity index (χ1n) is 5.86. The van der Waals surface area contributed by atoms with E-state index in [1.54, 1.807) is 23.5 Å². The van der Waals surface area contributed by atoms with E-state index < -0.39 is 5.97 Å². The maximum atomic E-state index is 11.2. The summed E-state index contributed by atoms with van der Waals surface area (Å²) in [5, 5.41) is 11.3. The predicted molar refractivity (Wildman–Crippen MR) is 78.2 cm³/mol. The van der Waals surface area contributed by atoms with Crippen molar-refractivity contribution in [1.82, 2.24) is 0 Å². The number of hydrogen-bond donors (Lipinski definition) is 1. The van der Waals surface area contributed by atoms with Gasteiger partial charge in [-0.2, -0.15) is 0 Å². The molecule has 1 aromatic heterocycles. The molecular weight excluding hydrogens is 328 g/mol. The molecule has 1 N–H and O–H groups in total. The average molecular weight is 339 g/mol. The van der Waals surface area contributed by atoms with Crippen LogP contribution < -0.4 is 4.74 Å². The zero-order valence-electron chi connectivity index (χ0n) is 10.1. The van der Waals surface area contributed by atoms with Crippen LogP contribution in [-0.4, -0.2) is 17.2 Å². The molecule has 3 rings (SSSR count). The largest absolute Gasteiger partial charge is 0.490 e. The predicted octanol–water partition coefficient (Wildman–Crippen LogP) is 4.20. The van der Waals surface area contributed by atoms with Gasteiger partial charge in [-0.15, -0.1) is 11.3 Å². The number of hydrogen-bond acceptors (Lipinski definition) is 3. The van der Waals surface area contributed by atoms with Gasteiger partial charge in [-0.25, -0.2) is 4.79 Å². The van der Waals surface area contributed by atoms with Crippen LogP contribution in [0.5, 0.6) is 5.75 Å². The van der Waals surface area contributed by atoms with Gasteiger partial charge < -0.3 is 9.84 Å². The molecule has 0 bridgehead atoms. The van der Waals surface area contributed by atoms with Crippen LogP contribution in [0.4, 0.5) is 0 Å². The van der Waals surface area contributed by atoms with Crippen molar-refractivity contribution in [2.45, 2.75) is 19.4 Å². The number of benzene rings is 1. The lowest BCUT2D eigenvalue weighted by atomic mass is 10.0. The first-order chi connectivity index (χ1) is 9.06. The third-order valence-electron chi connectivity index (χ3n) is 3.13. The fourth-order valence-corrected chi connectivity index (χ4v) is 3.74. The number of ether oxygens (including phenoxy) is 1. The van der Waals surface area contributed by atoms with Crippen LogP contribution in [0.3, 0.4) is 0 Å². The summed E-state index contributed by atoms with van der Waals surface area (Å²) in [5.41, 5.74) is 2.35. The van der Waals surface area contributed by atoms with E-state index >= 15 is 0 Å². The van der Waals surface area contributed by atoms with E-state index in [0.717, 1.165) is 22.6 Å². The standard InChI is InChI=1S/C14H11BrO3S/c1-7-4-8-2-3-19-13(8)10-5-9(14(16)17)11(15)6-12(10)18-7/h2-3,5-7H,4H2,1H3,(H,16,17)/t7-/m1/s1. The summed E-state index contributed by atoms with van der Waals surface area (Å²) >= 11 is 4.92. The van der Waals surface area contributed by atoms with E-state index in [-0.39, 0.29) is 11.7 Å². The second kappa shape index (κ2) is 4.65. The fourth-order valence-electron chi connectivity index (χ4n) is 2.29. The first-order valence-corrected chi connectivity index (χ1v) is 7.53. The number of carboxylic acid groups (broad SMARTS) is 1. The number of fused-ring (bicyclic) bond motifs is 3. The van der Waals surface area contributed by atoms with E-state index in [1.807, 2.05) is 12.3 Å². The highest BCUT2D eigenvalue weighted by Gasteiger charge is 2.23. The topological polar surface area (TPSA) is 46.5 Å². The summed E-state index contributed by atoms with van der Waals surface area (Å²) in [7, 11) is 0. The van der Waals surface area contributed by atoms with E-state index in [0.29, 0.717) is 4.47 Å². The Kier molecular flexibility index (Phi) is 3.11. The third kappa shape index (κ3) is 2.17. The lowest BCUT2D eigenvalue weighted by molar-refractivity contribution is 0.0696. The van der Waals surface area contributed by atoms with Crippen molar-refractivity contribution in [3.63, 3.8) is 0 Å². The van der Waals surface area contributed by atoms with Crippen LogP contribution in [0.2, 0.25) is 0 Å². The van der Waals surface area contributed by atoms with Crippen molar-refractivity contribution >= 4 is 33.2 Å². The molecule has 1 aliphatic heterocycles. The van der Waals surface area contributed by atoms with Crippen molar-refractivity contribution in [2.24, 2.45) is 0 Å². The van der Waals surface area contributed by atoms with Crippen LogP contribution in [0.15, 0.2) is 28.1 Å². The van der Waals surface area contributed by atoms with Gasteiger partial charge in [0, 0.05) is 21.3 Å². The third-order valence-corrected chi connectivity index (χ3v) is 4.77. The molecule has 1 aromatic carbocycles. The Bertz CT molecular complexity index is 663. The lowest BCUT2D eigenvalue weighted by Crippen LogP contribution is -2.13. The Morgan fingerprint density at radius 2 is 2.32 bits per heavy atom. The normalized spacial score (nSPS) is 17.1. The second-order valence-corrected chi connectivity index (χ2v) is 6.31. The second-order valence-electron chi connectivity index (χ2n) is 4.54. The summed E-state index contributed by atoms with van der Waals surface area (Å²) in [5.74, 6) is -0.198. The number of aromatic carboxylic acids is 1. The molecule has 1 aliphatic rings. The number of thiophene rings is 1. The van der Waals surface area contributed by atoms with E-state index in [2.05, 4.69) is 22.0 Å². The first kappa shape index (κ1) is 12.7. The van der Waals surface area contributed by atoms with Crippen LogP contribution in [-0.2, 0) is 6.42 Å². The van der Waals surface area contributed by atoms with Crippen LogP contribution >= 0.6 is 27.3 Å². The molecule has 98 valence electrons. The van der Waals surface area contributed by atoms with Crippen molar-refractivity contribution in [3.05, 3.63) is 39.2 Å². The van der Waals surface area contributed by atoms with Gasteiger partial charge in [-0.3, -0.25) is 0 Å². The molecule has 2 heterocycles. The number of carbonyl (C=O) groups is 1. The van der Waals surface area contributed by atoms with Gasteiger partial charge in [0.1, 0.15) is 11.9 Å². The van der Waals surface area contributed by atoms with Crippen molar-refractivity contribution in [3.8, 4) is 16.2 Å². The van der Waals surface area contributed by atoms with Crippen molar-refractivity contribution < 1.29 is 14.6 Å². The molecule has 0 unspecified atom stereocenters. The highest BCUT2D eigenvalue weighted by atomic mass is 79.9. The van der Waals surface area contributed by atoms with Gasteiger partial charge in [-0.05, 0) is 52.0 Å². The van der Waals surface area contributed by atoms with Crippen molar-refractivity contribution in [1.29, 1.82) is 0 Å². The Morgan fingerprint density at radius 1 is 1.53 bits per heavy atom. The molecule has 0 saturated heterocycles. The summed E-state index contributed by atoms with van der Waals surface area (Å²) in [4.78, 5) is 12.3. The van der Waals surface area contributed by atoms with Crippen molar-refractivity contribution in [2.75, 3.05) is 0 Å². The molecular formula is C14H11BrO3S. The van der Waals surface area contributed by atoms with E-state index in [4.69, 9.17) is 4.74 Å². The van der Waals surface area contributed by atoms with E-state index in [9.17, 15) is 9.90 Å². The lowest BCUT2D eigenvalue weighted by Gasteiger charge is -2.14. The highest BCUT2D eigenvalue weighted by Crippen LogP contribution is 2.42. The van der Waals surface area contributed by atoms with Crippen LogP contribution in [0, 0.1) is 0 Å². The molecule has 0 saturated carbocycles. The summed E-state index contributed by atoms with van der Waals surface area (Å²) < 4.78 is 6.44. The number of halogens is 1. The van der Waals surface area contributed by atoms with Gasteiger partial charge in [0.2, 0.25) is 0 Å².